The number of aliphatic hydroxyl groups is 1. The Morgan fingerprint density at radius 1 is 1.20 bits per heavy atom. The maximum atomic E-state index is 13.3. The zero-order valence-electron chi connectivity index (χ0n) is 11.4. The predicted molar refractivity (Wildman–Crippen MR) is 68.8 cm³/mol. The van der Waals surface area contributed by atoms with Gasteiger partial charge in [-0.05, 0) is 5.41 Å². The lowest BCUT2D eigenvalue weighted by Gasteiger charge is -2.25. The largest absolute Gasteiger partial charge is 0.391 e. The Balaban J connectivity index is 2.62. The highest BCUT2D eigenvalue weighted by molar-refractivity contribution is 5.89. The zero-order valence-corrected chi connectivity index (χ0v) is 11.4. The number of carbonyl (C=O) groups excluding carboxylic acids is 1. The van der Waals surface area contributed by atoms with Crippen molar-refractivity contribution in [2.24, 2.45) is 5.41 Å². The van der Waals surface area contributed by atoms with Crippen molar-refractivity contribution in [2.45, 2.75) is 26.9 Å². The van der Waals surface area contributed by atoms with E-state index >= 15 is 0 Å². The summed E-state index contributed by atoms with van der Waals surface area (Å²) in [7, 11) is 0. The smallest absolute Gasteiger partial charge is 0.319 e. The number of aliphatic hydroxyl groups excluding tert-OH is 1. The monoisotopic (exact) mass is 290 g/mol. The second-order valence-electron chi connectivity index (χ2n) is 5.46. The van der Waals surface area contributed by atoms with Crippen LogP contribution in [0.5, 0.6) is 0 Å². The SMILES string of the molecule is CC(C)(C)C(O)CNC(=O)Nc1cc(F)c(F)cc1F. The van der Waals surface area contributed by atoms with Crippen LogP contribution in [0.25, 0.3) is 0 Å². The van der Waals surface area contributed by atoms with Gasteiger partial charge in [-0.2, -0.15) is 0 Å². The molecule has 0 aromatic heterocycles. The highest BCUT2D eigenvalue weighted by atomic mass is 19.2. The molecular weight excluding hydrogens is 273 g/mol. The summed E-state index contributed by atoms with van der Waals surface area (Å²) in [5, 5.41) is 14.1. The van der Waals surface area contributed by atoms with E-state index in [9.17, 15) is 23.1 Å². The molecule has 1 atom stereocenters. The summed E-state index contributed by atoms with van der Waals surface area (Å²) in [5.41, 5.74) is -0.910. The second-order valence-corrected chi connectivity index (χ2v) is 5.46. The van der Waals surface area contributed by atoms with Crippen molar-refractivity contribution in [1.29, 1.82) is 0 Å². The summed E-state index contributed by atoms with van der Waals surface area (Å²) in [4.78, 5) is 11.5. The molecule has 4 nitrogen and oxygen atoms in total. The van der Waals surface area contributed by atoms with Crippen molar-refractivity contribution in [3.05, 3.63) is 29.6 Å². The molecule has 0 fully saturated rings. The van der Waals surface area contributed by atoms with Gasteiger partial charge in [0.15, 0.2) is 11.6 Å². The minimum Gasteiger partial charge on any atom is -0.391 e. The highest BCUT2D eigenvalue weighted by Gasteiger charge is 2.22. The van der Waals surface area contributed by atoms with Gasteiger partial charge in [-0.1, -0.05) is 20.8 Å². The topological polar surface area (TPSA) is 61.4 Å². The number of halogens is 3. The van der Waals surface area contributed by atoms with Crippen molar-refractivity contribution in [3.63, 3.8) is 0 Å². The molecule has 0 heterocycles. The van der Waals surface area contributed by atoms with Crippen LogP contribution in [0.1, 0.15) is 20.8 Å². The van der Waals surface area contributed by atoms with E-state index in [1.54, 1.807) is 20.8 Å². The molecule has 1 aromatic rings. The van der Waals surface area contributed by atoms with Crippen LogP contribution in [0, 0.1) is 22.9 Å². The Morgan fingerprint density at radius 3 is 2.30 bits per heavy atom. The number of rotatable bonds is 3. The maximum absolute atomic E-state index is 13.3. The molecule has 112 valence electrons. The summed E-state index contributed by atoms with van der Waals surface area (Å²) in [6, 6.07) is 0.0672. The van der Waals surface area contributed by atoms with Crippen LogP contribution in [-0.4, -0.2) is 23.8 Å². The first kappa shape index (κ1) is 16.3. The van der Waals surface area contributed by atoms with Crippen LogP contribution >= 0.6 is 0 Å². The van der Waals surface area contributed by atoms with Crippen LogP contribution in [0.3, 0.4) is 0 Å². The van der Waals surface area contributed by atoms with E-state index in [4.69, 9.17) is 0 Å². The fourth-order valence-electron chi connectivity index (χ4n) is 1.28. The molecule has 0 spiro atoms. The van der Waals surface area contributed by atoms with Crippen molar-refractivity contribution in [3.8, 4) is 0 Å². The van der Waals surface area contributed by atoms with Crippen molar-refractivity contribution in [2.75, 3.05) is 11.9 Å². The number of carbonyl (C=O) groups is 1. The Morgan fingerprint density at radius 2 is 1.75 bits per heavy atom. The first-order valence-corrected chi connectivity index (χ1v) is 5.98. The number of nitrogens with one attached hydrogen (secondary N) is 2. The Kier molecular flexibility index (Phi) is 4.99. The van der Waals surface area contributed by atoms with E-state index in [0.717, 1.165) is 0 Å². The Bertz CT molecular complexity index is 501. The van der Waals surface area contributed by atoms with Gasteiger partial charge in [-0.25, -0.2) is 18.0 Å². The minimum atomic E-state index is -1.34. The van der Waals surface area contributed by atoms with Crippen LogP contribution in [-0.2, 0) is 0 Å². The number of hydrogen-bond acceptors (Lipinski definition) is 2. The third-order valence-corrected chi connectivity index (χ3v) is 2.71. The molecule has 2 amide bonds. The van der Waals surface area contributed by atoms with Gasteiger partial charge in [0, 0.05) is 18.7 Å². The van der Waals surface area contributed by atoms with Gasteiger partial charge >= 0.3 is 6.03 Å². The standard InChI is InChI=1S/C13H17F3N2O2/c1-13(2,3)11(19)6-17-12(20)18-10-5-8(15)7(14)4-9(10)16/h4-5,11,19H,6H2,1-3H3,(H2,17,18,20). The average Bonchev–Trinajstić information content (AvgIpc) is 2.31. The number of urea groups is 1. The fourth-order valence-corrected chi connectivity index (χ4v) is 1.28. The lowest BCUT2D eigenvalue weighted by molar-refractivity contribution is 0.0654. The van der Waals surface area contributed by atoms with Crippen molar-refractivity contribution < 1.29 is 23.1 Å². The molecule has 3 N–H and O–H groups in total. The Labute approximate surface area is 115 Å². The van der Waals surface area contributed by atoms with Gasteiger partial charge in [0.05, 0.1) is 11.8 Å². The normalized spacial score (nSPS) is 12.9. The molecule has 0 aliphatic carbocycles. The van der Waals surface area contributed by atoms with E-state index in [-0.39, 0.29) is 6.54 Å². The van der Waals surface area contributed by atoms with E-state index < -0.39 is 40.7 Å². The molecule has 0 bridgehead atoms. The summed E-state index contributed by atoms with van der Waals surface area (Å²) >= 11 is 0. The molecule has 7 heteroatoms. The number of benzene rings is 1. The lowest BCUT2D eigenvalue weighted by Crippen LogP contribution is -2.41. The van der Waals surface area contributed by atoms with E-state index in [0.29, 0.717) is 12.1 Å². The third kappa shape index (κ3) is 4.41. The fraction of sp³-hybridized carbons (Fsp3) is 0.462. The summed E-state index contributed by atoms with van der Waals surface area (Å²) in [6.07, 6.45) is -0.803. The van der Waals surface area contributed by atoms with Gasteiger partial charge in [0.25, 0.3) is 0 Å². The first-order chi connectivity index (χ1) is 9.11. The summed E-state index contributed by atoms with van der Waals surface area (Å²) in [6.45, 7) is 5.30. The average molecular weight is 290 g/mol. The van der Waals surface area contributed by atoms with Crippen molar-refractivity contribution in [1.82, 2.24) is 5.32 Å². The van der Waals surface area contributed by atoms with Gasteiger partial charge in [-0.15, -0.1) is 0 Å². The molecule has 0 aliphatic rings. The van der Waals surface area contributed by atoms with Gasteiger partial charge < -0.3 is 15.7 Å². The van der Waals surface area contributed by atoms with E-state index in [2.05, 4.69) is 5.32 Å². The summed E-state index contributed by atoms with van der Waals surface area (Å²) in [5.74, 6) is -3.69. The molecule has 0 saturated carbocycles. The van der Waals surface area contributed by atoms with E-state index in [1.807, 2.05) is 5.32 Å². The third-order valence-electron chi connectivity index (χ3n) is 2.71. The first-order valence-electron chi connectivity index (χ1n) is 5.98. The lowest BCUT2D eigenvalue weighted by atomic mass is 9.89. The van der Waals surface area contributed by atoms with Crippen molar-refractivity contribution >= 4 is 11.7 Å². The molecule has 1 aromatic carbocycles. The van der Waals surface area contributed by atoms with Gasteiger partial charge in [-0.3, -0.25) is 0 Å². The number of hydrogen-bond donors (Lipinski definition) is 3. The molecule has 0 saturated heterocycles. The minimum absolute atomic E-state index is 0.0549. The van der Waals surface area contributed by atoms with Gasteiger partial charge in [0.1, 0.15) is 5.82 Å². The number of amides is 2. The van der Waals surface area contributed by atoms with Crippen LogP contribution in [0.2, 0.25) is 0 Å². The highest BCUT2D eigenvalue weighted by Crippen LogP contribution is 2.19. The Hall–Kier alpha value is -1.76. The van der Waals surface area contributed by atoms with Crippen LogP contribution in [0.4, 0.5) is 23.7 Å². The second kappa shape index (κ2) is 6.13. The molecule has 20 heavy (non-hydrogen) atoms. The molecule has 0 radical (unpaired) electrons. The van der Waals surface area contributed by atoms with Gasteiger partial charge in [0.2, 0.25) is 0 Å². The zero-order chi connectivity index (χ0) is 15.5. The quantitative estimate of drug-likeness (QED) is 0.749. The maximum Gasteiger partial charge on any atom is 0.319 e. The van der Waals surface area contributed by atoms with Crippen LogP contribution < -0.4 is 10.6 Å². The number of anilines is 1. The molecule has 0 aliphatic heterocycles. The van der Waals surface area contributed by atoms with Crippen LogP contribution in [0.15, 0.2) is 12.1 Å². The molecular formula is C13H17F3N2O2. The summed E-state index contributed by atoms with van der Waals surface area (Å²) < 4.78 is 38.9. The molecule has 1 rings (SSSR count). The predicted octanol–water partition coefficient (Wildman–Crippen LogP) is 2.63. The molecule has 1 unspecified atom stereocenters. The van der Waals surface area contributed by atoms with E-state index in [1.165, 1.54) is 0 Å².